The first kappa shape index (κ1) is 14.9. The van der Waals surface area contributed by atoms with E-state index in [1.54, 1.807) is 0 Å². The third kappa shape index (κ3) is 2.78. The minimum Gasteiger partial charge on any atom is -0.371 e. The molecule has 1 aliphatic rings. The van der Waals surface area contributed by atoms with Crippen LogP contribution in [0.25, 0.3) is 11.0 Å². The van der Waals surface area contributed by atoms with Gasteiger partial charge in [-0.1, -0.05) is 29.8 Å². The number of H-pyrrole nitrogens is 2. The fourth-order valence-electron chi connectivity index (χ4n) is 3.10. The highest BCUT2D eigenvalue weighted by molar-refractivity contribution is 5.73. The van der Waals surface area contributed by atoms with Crippen molar-refractivity contribution >= 4 is 17.0 Å². The van der Waals surface area contributed by atoms with E-state index in [1.165, 1.54) is 11.8 Å². The largest absolute Gasteiger partial charge is 0.371 e. The van der Waals surface area contributed by atoms with Crippen LogP contribution in [0.15, 0.2) is 35.3 Å². The van der Waals surface area contributed by atoms with Crippen LogP contribution < -0.4 is 10.9 Å². The normalized spacial score (nSPS) is 21.0. The molecule has 0 saturated carbocycles. The van der Waals surface area contributed by atoms with E-state index in [0.29, 0.717) is 17.0 Å². The van der Waals surface area contributed by atoms with E-state index >= 15 is 0 Å². The van der Waals surface area contributed by atoms with Gasteiger partial charge in [-0.25, -0.2) is 0 Å². The maximum atomic E-state index is 12.1. The third-order valence-electron chi connectivity index (χ3n) is 4.37. The van der Waals surface area contributed by atoms with E-state index in [4.69, 9.17) is 4.74 Å². The van der Waals surface area contributed by atoms with Crippen LogP contribution in [0.3, 0.4) is 0 Å². The second kappa shape index (κ2) is 6.09. The van der Waals surface area contributed by atoms with Crippen molar-refractivity contribution in [3.05, 3.63) is 51.9 Å². The monoisotopic (exact) mass is 325 g/mol. The predicted molar refractivity (Wildman–Crippen MR) is 91.0 cm³/mol. The van der Waals surface area contributed by atoms with Gasteiger partial charge in [0.2, 0.25) is 5.95 Å². The molecule has 3 heterocycles. The van der Waals surface area contributed by atoms with E-state index in [-0.39, 0.29) is 17.7 Å². The van der Waals surface area contributed by atoms with Crippen LogP contribution in [0.4, 0.5) is 5.95 Å². The zero-order valence-electron chi connectivity index (χ0n) is 13.4. The SMILES string of the molecule is Cc1ccc([C@H]2OCCC[C@@H]2Nc2nc3[nH]ncc3c(=O)[nH]2)cc1. The average Bonchev–Trinajstić information content (AvgIpc) is 3.05. The highest BCUT2D eigenvalue weighted by atomic mass is 16.5. The smallest absolute Gasteiger partial charge is 0.263 e. The molecule has 7 heteroatoms. The molecule has 124 valence electrons. The zero-order chi connectivity index (χ0) is 16.5. The lowest BCUT2D eigenvalue weighted by molar-refractivity contribution is 0.00545. The molecule has 0 bridgehead atoms. The molecule has 0 aliphatic carbocycles. The Morgan fingerprint density at radius 2 is 2.12 bits per heavy atom. The molecular weight excluding hydrogens is 306 g/mol. The molecule has 2 aromatic heterocycles. The van der Waals surface area contributed by atoms with Crippen LogP contribution in [0, 0.1) is 6.92 Å². The summed E-state index contributed by atoms with van der Waals surface area (Å²) >= 11 is 0. The number of fused-ring (bicyclic) bond motifs is 1. The van der Waals surface area contributed by atoms with Gasteiger partial charge >= 0.3 is 0 Å². The summed E-state index contributed by atoms with van der Waals surface area (Å²) < 4.78 is 5.99. The van der Waals surface area contributed by atoms with Crippen LogP contribution in [0.5, 0.6) is 0 Å². The summed E-state index contributed by atoms with van der Waals surface area (Å²) in [6.07, 6.45) is 3.32. The standard InChI is InChI=1S/C17H19N5O2/c1-10-4-6-11(7-5-10)14-13(3-2-8-24-14)19-17-20-15-12(9-18-22-15)16(23)21-17/h4-7,9,13-14H,2-3,8H2,1H3,(H3,18,19,20,21,22,23)/t13-,14+/m0/s1. The average molecular weight is 325 g/mol. The minimum absolute atomic E-state index is 0.0463. The van der Waals surface area contributed by atoms with E-state index in [1.807, 2.05) is 0 Å². The summed E-state index contributed by atoms with van der Waals surface area (Å²) in [5, 5.41) is 10.4. The van der Waals surface area contributed by atoms with Crippen LogP contribution in [0.1, 0.15) is 30.1 Å². The van der Waals surface area contributed by atoms with Crippen molar-refractivity contribution in [1.82, 2.24) is 20.2 Å². The predicted octanol–water partition coefficient (Wildman–Crippen LogP) is 2.29. The van der Waals surface area contributed by atoms with Crippen molar-refractivity contribution in [2.45, 2.75) is 31.9 Å². The molecule has 1 saturated heterocycles. The Balaban J connectivity index is 1.62. The topological polar surface area (TPSA) is 95.7 Å². The number of anilines is 1. The third-order valence-corrected chi connectivity index (χ3v) is 4.37. The Kier molecular flexibility index (Phi) is 3.78. The van der Waals surface area contributed by atoms with Gasteiger partial charge in [-0.05, 0) is 25.3 Å². The van der Waals surface area contributed by atoms with Crippen molar-refractivity contribution < 1.29 is 4.74 Å². The Morgan fingerprint density at radius 3 is 2.96 bits per heavy atom. The summed E-state index contributed by atoms with van der Waals surface area (Å²) in [5.41, 5.74) is 2.61. The van der Waals surface area contributed by atoms with Crippen molar-refractivity contribution in [1.29, 1.82) is 0 Å². The Bertz CT molecular complexity index is 899. The summed E-state index contributed by atoms with van der Waals surface area (Å²) in [6.45, 7) is 2.80. The molecule has 4 rings (SSSR count). The van der Waals surface area contributed by atoms with Gasteiger partial charge in [-0.3, -0.25) is 14.9 Å². The maximum absolute atomic E-state index is 12.1. The fourth-order valence-corrected chi connectivity index (χ4v) is 3.10. The van der Waals surface area contributed by atoms with Crippen LogP contribution in [-0.2, 0) is 4.74 Å². The van der Waals surface area contributed by atoms with E-state index in [9.17, 15) is 4.79 Å². The number of hydrogen-bond acceptors (Lipinski definition) is 5. The van der Waals surface area contributed by atoms with Gasteiger partial charge in [0.1, 0.15) is 11.5 Å². The van der Waals surface area contributed by atoms with Crippen LogP contribution in [0.2, 0.25) is 0 Å². The van der Waals surface area contributed by atoms with Crippen molar-refractivity contribution in [2.75, 3.05) is 11.9 Å². The summed E-state index contributed by atoms with van der Waals surface area (Å²) in [6, 6.07) is 8.40. The van der Waals surface area contributed by atoms with Gasteiger partial charge in [-0.15, -0.1) is 0 Å². The summed E-state index contributed by atoms with van der Waals surface area (Å²) in [7, 11) is 0. The van der Waals surface area contributed by atoms with Gasteiger partial charge in [0.05, 0.1) is 12.2 Å². The van der Waals surface area contributed by atoms with Gasteiger partial charge in [0.15, 0.2) is 5.65 Å². The number of aryl methyl sites for hydroxylation is 1. The van der Waals surface area contributed by atoms with Crippen LogP contribution in [-0.4, -0.2) is 32.8 Å². The van der Waals surface area contributed by atoms with Crippen molar-refractivity contribution in [3.8, 4) is 0 Å². The summed E-state index contributed by atoms with van der Waals surface area (Å²) in [5.74, 6) is 0.435. The van der Waals surface area contributed by atoms with E-state index in [0.717, 1.165) is 25.0 Å². The molecule has 24 heavy (non-hydrogen) atoms. The number of hydrogen-bond donors (Lipinski definition) is 3. The lowest BCUT2D eigenvalue weighted by Gasteiger charge is -2.32. The molecule has 0 amide bonds. The Morgan fingerprint density at radius 1 is 1.29 bits per heavy atom. The first-order chi connectivity index (χ1) is 11.7. The molecule has 3 N–H and O–H groups in total. The number of ether oxygens (including phenoxy) is 1. The Labute approximate surface area is 138 Å². The van der Waals surface area contributed by atoms with Gasteiger partial charge in [0, 0.05) is 6.61 Å². The van der Waals surface area contributed by atoms with Gasteiger partial charge in [-0.2, -0.15) is 10.1 Å². The minimum atomic E-state index is -0.208. The van der Waals surface area contributed by atoms with Crippen molar-refractivity contribution in [2.24, 2.45) is 0 Å². The highest BCUT2D eigenvalue weighted by Crippen LogP contribution is 2.30. The molecule has 1 fully saturated rings. The van der Waals surface area contributed by atoms with E-state index in [2.05, 4.69) is 56.7 Å². The number of aromatic nitrogens is 4. The fraction of sp³-hybridized carbons (Fsp3) is 0.353. The number of benzene rings is 1. The molecule has 1 aromatic carbocycles. The second-order valence-electron chi connectivity index (χ2n) is 6.14. The lowest BCUT2D eigenvalue weighted by Crippen LogP contribution is -2.34. The van der Waals surface area contributed by atoms with Gasteiger partial charge < -0.3 is 10.1 Å². The first-order valence-corrected chi connectivity index (χ1v) is 8.09. The first-order valence-electron chi connectivity index (χ1n) is 8.09. The molecule has 0 spiro atoms. The molecule has 1 aliphatic heterocycles. The number of rotatable bonds is 3. The quantitative estimate of drug-likeness (QED) is 0.686. The molecule has 3 aromatic rings. The highest BCUT2D eigenvalue weighted by Gasteiger charge is 2.28. The second-order valence-corrected chi connectivity index (χ2v) is 6.14. The molecule has 0 unspecified atom stereocenters. The number of nitrogens with zero attached hydrogens (tertiary/aromatic N) is 2. The van der Waals surface area contributed by atoms with E-state index < -0.39 is 0 Å². The zero-order valence-corrected chi connectivity index (χ0v) is 13.4. The number of nitrogens with one attached hydrogen (secondary N) is 3. The number of aromatic amines is 2. The summed E-state index contributed by atoms with van der Waals surface area (Å²) in [4.78, 5) is 19.2. The molecule has 7 nitrogen and oxygen atoms in total. The van der Waals surface area contributed by atoms with Crippen molar-refractivity contribution in [3.63, 3.8) is 0 Å². The Hall–Kier alpha value is -2.67. The van der Waals surface area contributed by atoms with Gasteiger partial charge in [0.25, 0.3) is 5.56 Å². The molecule has 0 radical (unpaired) electrons. The molecular formula is C17H19N5O2. The van der Waals surface area contributed by atoms with Crippen LogP contribution >= 0.6 is 0 Å². The lowest BCUT2D eigenvalue weighted by atomic mass is 9.95. The molecule has 2 atom stereocenters. The maximum Gasteiger partial charge on any atom is 0.263 e.